The number of alkyl carbamates (subject to hydrolysis) is 1. The Kier molecular flexibility index (Phi) is 4.17. The van der Waals surface area contributed by atoms with Gasteiger partial charge in [0, 0.05) is 6.54 Å². The van der Waals surface area contributed by atoms with Gasteiger partial charge >= 0.3 is 6.09 Å². The summed E-state index contributed by atoms with van der Waals surface area (Å²) in [5.74, 6) is -0.141. The molecule has 0 bridgehead atoms. The highest BCUT2D eigenvalue weighted by Gasteiger charge is 2.23. The molecule has 0 aliphatic carbocycles. The normalized spacial score (nSPS) is 18.9. The van der Waals surface area contributed by atoms with E-state index in [0.717, 1.165) is 12.0 Å². The van der Waals surface area contributed by atoms with Crippen molar-refractivity contribution in [2.45, 2.75) is 25.5 Å². The molecule has 0 unspecified atom stereocenters. The molecule has 1 fully saturated rings. The van der Waals surface area contributed by atoms with Crippen LogP contribution in [0, 0.1) is 0 Å². The first-order valence-electron chi connectivity index (χ1n) is 6.00. The van der Waals surface area contributed by atoms with E-state index in [1.165, 1.54) is 0 Å². The predicted molar refractivity (Wildman–Crippen MR) is 65.8 cm³/mol. The van der Waals surface area contributed by atoms with Crippen LogP contribution in [-0.4, -0.2) is 24.6 Å². The number of hydrogen-bond acceptors (Lipinski definition) is 3. The summed E-state index contributed by atoms with van der Waals surface area (Å²) in [6.45, 7) is 0.886. The van der Waals surface area contributed by atoms with Gasteiger partial charge in [-0.2, -0.15) is 0 Å². The van der Waals surface area contributed by atoms with Gasteiger partial charge in [-0.15, -0.1) is 0 Å². The van der Waals surface area contributed by atoms with Crippen molar-refractivity contribution in [1.29, 1.82) is 0 Å². The fourth-order valence-electron chi connectivity index (χ4n) is 1.82. The van der Waals surface area contributed by atoms with Crippen LogP contribution in [0.5, 0.6) is 0 Å². The maximum absolute atomic E-state index is 11.5. The Morgan fingerprint density at radius 2 is 2.17 bits per heavy atom. The molecule has 2 rings (SSSR count). The van der Waals surface area contributed by atoms with Crippen molar-refractivity contribution in [3.05, 3.63) is 35.9 Å². The number of rotatable bonds is 3. The first-order chi connectivity index (χ1) is 8.75. The zero-order valence-corrected chi connectivity index (χ0v) is 10.0. The molecule has 18 heavy (non-hydrogen) atoms. The number of carbonyl (C=O) groups is 2. The predicted octanol–water partition coefficient (Wildman–Crippen LogP) is 1.19. The molecule has 1 aliphatic rings. The lowest BCUT2D eigenvalue weighted by molar-refractivity contribution is -0.124. The molecule has 1 aromatic carbocycles. The van der Waals surface area contributed by atoms with E-state index >= 15 is 0 Å². The second-order valence-electron chi connectivity index (χ2n) is 4.19. The maximum Gasteiger partial charge on any atom is 0.408 e. The van der Waals surface area contributed by atoms with Crippen molar-refractivity contribution in [1.82, 2.24) is 10.6 Å². The number of benzene rings is 1. The Morgan fingerprint density at radius 3 is 2.89 bits per heavy atom. The van der Waals surface area contributed by atoms with E-state index in [1.807, 2.05) is 30.3 Å². The highest BCUT2D eigenvalue weighted by atomic mass is 16.5. The average molecular weight is 248 g/mol. The van der Waals surface area contributed by atoms with Crippen molar-refractivity contribution in [2.75, 3.05) is 6.54 Å². The summed E-state index contributed by atoms with van der Waals surface area (Å²) in [4.78, 5) is 22.9. The van der Waals surface area contributed by atoms with Crippen LogP contribution in [0.2, 0.25) is 0 Å². The summed E-state index contributed by atoms with van der Waals surface area (Å²) < 4.78 is 5.05. The minimum Gasteiger partial charge on any atom is -0.445 e. The Bertz CT molecular complexity index is 420. The monoisotopic (exact) mass is 248 g/mol. The highest BCUT2D eigenvalue weighted by Crippen LogP contribution is 2.04. The molecule has 1 aliphatic heterocycles. The molecule has 1 heterocycles. The molecular weight excluding hydrogens is 232 g/mol. The topological polar surface area (TPSA) is 67.4 Å². The Balaban J connectivity index is 1.76. The van der Waals surface area contributed by atoms with Gasteiger partial charge in [-0.3, -0.25) is 4.79 Å². The molecule has 0 spiro atoms. The van der Waals surface area contributed by atoms with E-state index in [0.29, 0.717) is 13.0 Å². The van der Waals surface area contributed by atoms with Crippen molar-refractivity contribution in [3.63, 3.8) is 0 Å². The molecule has 96 valence electrons. The van der Waals surface area contributed by atoms with Gasteiger partial charge in [0.2, 0.25) is 5.91 Å². The third-order valence-electron chi connectivity index (χ3n) is 2.79. The van der Waals surface area contributed by atoms with Gasteiger partial charge in [-0.1, -0.05) is 30.3 Å². The lowest BCUT2D eigenvalue weighted by Gasteiger charge is -2.22. The lowest BCUT2D eigenvalue weighted by atomic mass is 10.1. The number of amides is 2. The molecule has 0 radical (unpaired) electrons. The first-order valence-corrected chi connectivity index (χ1v) is 6.00. The molecule has 2 N–H and O–H groups in total. The molecule has 5 nitrogen and oxygen atoms in total. The second-order valence-corrected chi connectivity index (χ2v) is 4.19. The van der Waals surface area contributed by atoms with Crippen LogP contribution in [0.4, 0.5) is 4.79 Å². The number of piperidine rings is 1. The standard InChI is InChI=1S/C13H16N2O3/c16-12-11(7-4-8-14-12)15-13(17)18-9-10-5-2-1-3-6-10/h1-3,5-6,11H,4,7-9H2,(H,14,16)(H,15,17)/t11-/m1/s1. The van der Waals surface area contributed by atoms with Crippen molar-refractivity contribution >= 4 is 12.0 Å². The van der Waals surface area contributed by atoms with Crippen LogP contribution < -0.4 is 10.6 Å². The molecule has 2 amide bonds. The average Bonchev–Trinajstić information content (AvgIpc) is 2.40. The SMILES string of the molecule is O=C(N[C@@H]1CCCNC1=O)OCc1ccccc1. The van der Waals surface area contributed by atoms with Crippen molar-refractivity contribution in [3.8, 4) is 0 Å². The Labute approximate surface area is 106 Å². The summed E-state index contributed by atoms with van der Waals surface area (Å²) in [7, 11) is 0. The zero-order chi connectivity index (χ0) is 12.8. The number of nitrogens with one attached hydrogen (secondary N) is 2. The largest absolute Gasteiger partial charge is 0.445 e. The van der Waals surface area contributed by atoms with E-state index in [-0.39, 0.29) is 12.5 Å². The third-order valence-corrected chi connectivity index (χ3v) is 2.79. The zero-order valence-electron chi connectivity index (χ0n) is 10.0. The van der Waals surface area contributed by atoms with E-state index in [1.54, 1.807) is 0 Å². The maximum atomic E-state index is 11.5. The van der Waals surface area contributed by atoms with Gasteiger partial charge in [-0.05, 0) is 18.4 Å². The van der Waals surface area contributed by atoms with Gasteiger partial charge in [0.15, 0.2) is 0 Å². The number of ether oxygens (including phenoxy) is 1. The van der Waals surface area contributed by atoms with E-state index < -0.39 is 12.1 Å². The first kappa shape index (κ1) is 12.4. The summed E-state index contributed by atoms with van der Waals surface area (Å²) >= 11 is 0. The van der Waals surface area contributed by atoms with E-state index in [2.05, 4.69) is 10.6 Å². The lowest BCUT2D eigenvalue weighted by Crippen LogP contribution is -2.50. The van der Waals surface area contributed by atoms with Crippen molar-refractivity contribution in [2.24, 2.45) is 0 Å². The van der Waals surface area contributed by atoms with Gasteiger partial charge in [-0.25, -0.2) is 4.79 Å². The van der Waals surface area contributed by atoms with E-state index in [4.69, 9.17) is 4.74 Å². The molecule has 0 saturated carbocycles. The van der Waals surface area contributed by atoms with Gasteiger partial charge in [0.25, 0.3) is 0 Å². The van der Waals surface area contributed by atoms with Crippen molar-refractivity contribution < 1.29 is 14.3 Å². The Morgan fingerprint density at radius 1 is 1.39 bits per heavy atom. The molecule has 0 aromatic heterocycles. The Hall–Kier alpha value is -2.04. The van der Waals surface area contributed by atoms with Gasteiger partial charge in [0.05, 0.1) is 0 Å². The third kappa shape index (κ3) is 3.48. The van der Waals surface area contributed by atoms with Crippen LogP contribution in [0.25, 0.3) is 0 Å². The summed E-state index contributed by atoms with van der Waals surface area (Å²) in [6, 6.07) is 8.94. The molecule has 1 atom stereocenters. The minimum absolute atomic E-state index is 0.141. The van der Waals surface area contributed by atoms with Gasteiger partial charge < -0.3 is 15.4 Å². The van der Waals surface area contributed by atoms with E-state index in [9.17, 15) is 9.59 Å². The minimum atomic E-state index is -0.555. The fraction of sp³-hybridized carbons (Fsp3) is 0.385. The molecule has 5 heteroatoms. The van der Waals surface area contributed by atoms with Crippen LogP contribution in [0.15, 0.2) is 30.3 Å². The summed E-state index contributed by atoms with van der Waals surface area (Å²) in [6.07, 6.45) is 0.975. The summed E-state index contributed by atoms with van der Waals surface area (Å²) in [5, 5.41) is 5.27. The molecule has 1 aromatic rings. The molecular formula is C13H16N2O3. The van der Waals surface area contributed by atoms with Crippen LogP contribution in [-0.2, 0) is 16.1 Å². The van der Waals surface area contributed by atoms with Crippen LogP contribution in [0.1, 0.15) is 18.4 Å². The van der Waals surface area contributed by atoms with Gasteiger partial charge in [0.1, 0.15) is 12.6 Å². The smallest absolute Gasteiger partial charge is 0.408 e. The quantitative estimate of drug-likeness (QED) is 0.844. The highest BCUT2D eigenvalue weighted by molar-refractivity contribution is 5.86. The number of hydrogen-bond donors (Lipinski definition) is 2. The van der Waals surface area contributed by atoms with Crippen LogP contribution >= 0.6 is 0 Å². The molecule has 1 saturated heterocycles. The van der Waals surface area contributed by atoms with Crippen LogP contribution in [0.3, 0.4) is 0 Å². The fourth-order valence-corrected chi connectivity index (χ4v) is 1.82. The second kappa shape index (κ2) is 6.05. The summed E-state index contributed by atoms with van der Waals surface area (Å²) in [5.41, 5.74) is 0.917. The number of carbonyl (C=O) groups excluding carboxylic acids is 2.